The Bertz CT molecular complexity index is 453. The lowest BCUT2D eigenvalue weighted by atomic mass is 9.93. The Morgan fingerprint density at radius 3 is 2.70 bits per heavy atom. The molecule has 0 bridgehead atoms. The minimum atomic E-state index is -0.943. The van der Waals surface area contributed by atoms with Crippen molar-refractivity contribution in [1.29, 1.82) is 0 Å². The van der Waals surface area contributed by atoms with E-state index >= 15 is 0 Å². The Kier molecular flexibility index (Phi) is 5.07. The van der Waals surface area contributed by atoms with E-state index in [2.05, 4.69) is 4.90 Å². The average Bonchev–Trinajstić information content (AvgIpc) is 2.42. The third-order valence-electron chi connectivity index (χ3n) is 3.98. The third kappa shape index (κ3) is 3.75. The number of hydrogen-bond donors (Lipinski definition) is 2. The molecule has 3 atom stereocenters. The summed E-state index contributed by atoms with van der Waals surface area (Å²) in [5, 5.41) is 19.8. The van der Waals surface area contributed by atoms with Crippen LogP contribution in [0.2, 0.25) is 0 Å². The van der Waals surface area contributed by atoms with Gasteiger partial charge in [-0.05, 0) is 49.9 Å². The van der Waals surface area contributed by atoms with Gasteiger partial charge in [-0.2, -0.15) is 0 Å². The molecule has 2 rings (SSSR count). The van der Waals surface area contributed by atoms with Crippen LogP contribution in [0.4, 0.5) is 8.78 Å². The Morgan fingerprint density at radius 2 is 2.05 bits per heavy atom. The maximum absolute atomic E-state index is 13.2. The Labute approximate surface area is 117 Å². The summed E-state index contributed by atoms with van der Waals surface area (Å²) in [5.41, 5.74) is 0.378. The number of piperidine rings is 1. The van der Waals surface area contributed by atoms with Crippen LogP contribution in [0.5, 0.6) is 0 Å². The second-order valence-corrected chi connectivity index (χ2v) is 5.59. The molecule has 0 aromatic heterocycles. The first-order valence-corrected chi connectivity index (χ1v) is 7.01. The third-order valence-corrected chi connectivity index (χ3v) is 3.98. The van der Waals surface area contributed by atoms with E-state index in [0.717, 1.165) is 38.1 Å². The molecule has 5 heteroatoms. The molecule has 20 heavy (non-hydrogen) atoms. The number of aliphatic hydroxyl groups excluding tert-OH is 2. The molecule has 1 aromatic carbocycles. The van der Waals surface area contributed by atoms with Gasteiger partial charge in [0.05, 0.1) is 12.2 Å². The molecule has 2 N–H and O–H groups in total. The van der Waals surface area contributed by atoms with Crippen molar-refractivity contribution in [3.63, 3.8) is 0 Å². The molecule has 0 amide bonds. The summed E-state index contributed by atoms with van der Waals surface area (Å²) in [6.07, 6.45) is 0.742. The molecule has 3 nitrogen and oxygen atoms in total. The van der Waals surface area contributed by atoms with E-state index in [1.165, 1.54) is 6.07 Å². The molecule has 0 radical (unpaired) electrons. The van der Waals surface area contributed by atoms with Gasteiger partial charge in [0.15, 0.2) is 11.6 Å². The highest BCUT2D eigenvalue weighted by molar-refractivity contribution is 5.20. The number of β-amino-alcohol motifs (C(OH)–C–C–N with tert-alkyl or cyclic N) is 1. The predicted octanol–water partition coefficient (Wildman–Crippen LogP) is 2.09. The van der Waals surface area contributed by atoms with Crippen LogP contribution < -0.4 is 0 Å². The summed E-state index contributed by atoms with van der Waals surface area (Å²) in [4.78, 5) is 2.06. The molecule has 3 unspecified atom stereocenters. The highest BCUT2D eigenvalue weighted by Crippen LogP contribution is 2.23. The average molecular weight is 285 g/mol. The predicted molar refractivity (Wildman–Crippen MR) is 72.2 cm³/mol. The number of benzene rings is 1. The van der Waals surface area contributed by atoms with Crippen LogP contribution in [-0.4, -0.2) is 40.9 Å². The van der Waals surface area contributed by atoms with Crippen LogP contribution in [0.3, 0.4) is 0 Å². The molecule has 1 aliphatic rings. The molecule has 1 aliphatic heterocycles. The van der Waals surface area contributed by atoms with Crippen LogP contribution in [-0.2, 0) is 0 Å². The van der Waals surface area contributed by atoms with E-state index in [4.69, 9.17) is 0 Å². The number of rotatable bonds is 4. The standard InChI is InChI=1S/C15H21F2NO2/c1-10(19)12-3-2-6-18(8-12)9-15(20)11-4-5-13(16)14(17)7-11/h4-5,7,10,12,15,19-20H,2-3,6,8-9H2,1H3. The second kappa shape index (κ2) is 6.61. The van der Waals surface area contributed by atoms with E-state index in [9.17, 15) is 19.0 Å². The highest BCUT2D eigenvalue weighted by Gasteiger charge is 2.25. The summed E-state index contributed by atoms with van der Waals surface area (Å²) in [6.45, 7) is 3.72. The molecular formula is C15H21F2NO2. The zero-order chi connectivity index (χ0) is 14.7. The smallest absolute Gasteiger partial charge is 0.159 e. The second-order valence-electron chi connectivity index (χ2n) is 5.59. The lowest BCUT2D eigenvalue weighted by Crippen LogP contribution is -2.41. The number of nitrogens with zero attached hydrogens (tertiary/aromatic N) is 1. The summed E-state index contributed by atoms with van der Waals surface area (Å²) >= 11 is 0. The van der Waals surface area contributed by atoms with Gasteiger partial charge in [-0.15, -0.1) is 0 Å². The van der Waals surface area contributed by atoms with Gasteiger partial charge in [0.25, 0.3) is 0 Å². The topological polar surface area (TPSA) is 43.7 Å². The van der Waals surface area contributed by atoms with Crippen molar-refractivity contribution in [3.8, 4) is 0 Å². The quantitative estimate of drug-likeness (QED) is 0.890. The molecule has 112 valence electrons. The maximum atomic E-state index is 13.2. The summed E-state index contributed by atoms with van der Waals surface area (Å²) < 4.78 is 26.0. The Hall–Kier alpha value is -1.04. The van der Waals surface area contributed by atoms with Gasteiger partial charge in [0, 0.05) is 13.1 Å². The van der Waals surface area contributed by atoms with E-state index in [0.29, 0.717) is 12.1 Å². The fourth-order valence-electron chi connectivity index (χ4n) is 2.72. The first kappa shape index (κ1) is 15.4. The molecule has 1 heterocycles. The van der Waals surface area contributed by atoms with Crippen LogP contribution >= 0.6 is 0 Å². The first-order chi connectivity index (χ1) is 9.47. The van der Waals surface area contributed by atoms with E-state index in [-0.39, 0.29) is 12.0 Å². The van der Waals surface area contributed by atoms with Gasteiger partial charge in [-0.1, -0.05) is 6.07 Å². The van der Waals surface area contributed by atoms with Crippen LogP contribution in [0.25, 0.3) is 0 Å². The minimum Gasteiger partial charge on any atom is -0.393 e. The van der Waals surface area contributed by atoms with Crippen molar-refractivity contribution < 1.29 is 19.0 Å². The van der Waals surface area contributed by atoms with Gasteiger partial charge < -0.3 is 15.1 Å². The molecule has 0 saturated carbocycles. The largest absolute Gasteiger partial charge is 0.393 e. The van der Waals surface area contributed by atoms with Crippen LogP contribution in [0, 0.1) is 17.6 Å². The first-order valence-electron chi connectivity index (χ1n) is 7.01. The van der Waals surface area contributed by atoms with Crippen molar-refractivity contribution in [2.75, 3.05) is 19.6 Å². The minimum absolute atomic E-state index is 0.209. The van der Waals surface area contributed by atoms with Crippen molar-refractivity contribution in [1.82, 2.24) is 4.90 Å². The Balaban J connectivity index is 1.96. The highest BCUT2D eigenvalue weighted by atomic mass is 19.2. The van der Waals surface area contributed by atoms with Gasteiger partial charge in [0.2, 0.25) is 0 Å². The van der Waals surface area contributed by atoms with Crippen molar-refractivity contribution in [2.45, 2.75) is 32.0 Å². The number of hydrogen-bond acceptors (Lipinski definition) is 3. The summed E-state index contributed by atoms with van der Waals surface area (Å²) in [6, 6.07) is 3.47. The fourth-order valence-corrected chi connectivity index (χ4v) is 2.72. The fraction of sp³-hybridized carbons (Fsp3) is 0.600. The van der Waals surface area contributed by atoms with Crippen molar-refractivity contribution in [2.24, 2.45) is 5.92 Å². The molecular weight excluding hydrogens is 264 g/mol. The van der Waals surface area contributed by atoms with E-state index in [1.54, 1.807) is 6.92 Å². The van der Waals surface area contributed by atoms with Gasteiger partial charge in [-0.25, -0.2) is 8.78 Å². The lowest BCUT2D eigenvalue weighted by Gasteiger charge is -2.35. The van der Waals surface area contributed by atoms with Gasteiger partial charge in [0.1, 0.15) is 0 Å². The van der Waals surface area contributed by atoms with Crippen molar-refractivity contribution >= 4 is 0 Å². The Morgan fingerprint density at radius 1 is 1.30 bits per heavy atom. The molecule has 1 fully saturated rings. The van der Waals surface area contributed by atoms with Crippen molar-refractivity contribution in [3.05, 3.63) is 35.4 Å². The number of aliphatic hydroxyl groups is 2. The van der Waals surface area contributed by atoms with E-state index in [1.807, 2.05) is 0 Å². The zero-order valence-electron chi connectivity index (χ0n) is 11.6. The number of halogens is 2. The van der Waals surface area contributed by atoms with Crippen LogP contribution in [0.15, 0.2) is 18.2 Å². The zero-order valence-corrected chi connectivity index (χ0v) is 11.6. The monoisotopic (exact) mass is 285 g/mol. The normalized spacial score (nSPS) is 23.6. The number of likely N-dealkylation sites (tertiary alicyclic amines) is 1. The van der Waals surface area contributed by atoms with Gasteiger partial charge in [-0.3, -0.25) is 0 Å². The molecule has 1 saturated heterocycles. The molecule has 1 aromatic rings. The maximum Gasteiger partial charge on any atom is 0.159 e. The summed E-state index contributed by atoms with van der Waals surface area (Å²) in [7, 11) is 0. The molecule has 0 spiro atoms. The lowest BCUT2D eigenvalue weighted by molar-refractivity contribution is 0.0376. The van der Waals surface area contributed by atoms with Gasteiger partial charge >= 0.3 is 0 Å². The molecule has 0 aliphatic carbocycles. The van der Waals surface area contributed by atoms with Crippen LogP contribution in [0.1, 0.15) is 31.4 Å². The SMILES string of the molecule is CC(O)C1CCCN(CC(O)c2ccc(F)c(F)c2)C1. The summed E-state index contributed by atoms with van der Waals surface area (Å²) in [5.74, 6) is -1.64. The van der Waals surface area contributed by atoms with E-state index < -0.39 is 17.7 Å².